The second kappa shape index (κ2) is 3.94. The van der Waals surface area contributed by atoms with Gasteiger partial charge in [-0.2, -0.15) is 0 Å². The normalized spacial score (nSPS) is 29.0. The summed E-state index contributed by atoms with van der Waals surface area (Å²) in [5.74, 6) is 0.228. The summed E-state index contributed by atoms with van der Waals surface area (Å²) in [5, 5.41) is 9.66. The zero-order valence-electron chi connectivity index (χ0n) is 7.48. The molecule has 3 nitrogen and oxygen atoms in total. The molecule has 0 spiro atoms. The maximum atomic E-state index is 9.66. The summed E-state index contributed by atoms with van der Waals surface area (Å²) in [6.45, 7) is 1.34. The van der Waals surface area contributed by atoms with Gasteiger partial charge >= 0.3 is 0 Å². The Morgan fingerprint density at radius 2 is 2.46 bits per heavy atom. The summed E-state index contributed by atoms with van der Waals surface area (Å²) in [6.07, 6.45) is 4.76. The molecule has 2 rings (SSSR count). The average molecular weight is 182 g/mol. The first kappa shape index (κ1) is 8.78. The maximum Gasteiger partial charge on any atom is 0.0934 e. The molecule has 0 aromatic carbocycles. The summed E-state index contributed by atoms with van der Waals surface area (Å²) in [7, 11) is 0. The zero-order chi connectivity index (χ0) is 9.10. The molecule has 1 aromatic heterocycles. The molecule has 0 amide bonds. The van der Waals surface area contributed by atoms with Gasteiger partial charge in [-0.25, -0.2) is 0 Å². The van der Waals surface area contributed by atoms with E-state index >= 15 is 0 Å². The Balaban J connectivity index is 1.93. The smallest absolute Gasteiger partial charge is 0.0934 e. The van der Waals surface area contributed by atoms with E-state index in [1.165, 1.54) is 0 Å². The molecule has 0 saturated carbocycles. The third-order valence-electron chi connectivity index (χ3n) is 2.51. The summed E-state index contributed by atoms with van der Waals surface area (Å²) in [5.41, 5.74) is 1.13. The Morgan fingerprint density at radius 3 is 3.15 bits per heavy atom. The summed E-state index contributed by atoms with van der Waals surface area (Å²) >= 11 is 0. The van der Waals surface area contributed by atoms with Crippen molar-refractivity contribution in [2.75, 3.05) is 13.2 Å². The van der Waals surface area contributed by atoms with Gasteiger partial charge in [-0.3, -0.25) is 0 Å². The van der Waals surface area contributed by atoms with Crippen molar-refractivity contribution in [2.24, 2.45) is 5.92 Å². The van der Waals surface area contributed by atoms with Crippen LogP contribution in [0.4, 0.5) is 0 Å². The predicted octanol–water partition coefficient (Wildman–Crippen LogP) is 1.22. The predicted molar refractivity (Wildman–Crippen MR) is 47.3 cm³/mol. The zero-order valence-corrected chi connectivity index (χ0v) is 7.48. The molecule has 1 aliphatic heterocycles. The number of aliphatic hydroxyl groups excluding tert-OH is 1. The van der Waals surface area contributed by atoms with E-state index in [0.717, 1.165) is 18.4 Å². The highest BCUT2D eigenvalue weighted by Crippen LogP contribution is 2.19. The SMILES string of the molecule is OC1CCOCC1Cc1ccoc1. The Morgan fingerprint density at radius 1 is 1.54 bits per heavy atom. The van der Waals surface area contributed by atoms with E-state index in [2.05, 4.69) is 0 Å². The van der Waals surface area contributed by atoms with Gasteiger partial charge in [0.05, 0.1) is 25.2 Å². The summed E-state index contributed by atoms with van der Waals surface area (Å²) in [4.78, 5) is 0. The lowest BCUT2D eigenvalue weighted by atomic mass is 9.93. The van der Waals surface area contributed by atoms with Crippen LogP contribution >= 0.6 is 0 Å². The number of rotatable bonds is 2. The Kier molecular flexibility index (Phi) is 2.66. The van der Waals surface area contributed by atoms with Crippen LogP contribution in [0.25, 0.3) is 0 Å². The molecule has 2 atom stereocenters. The first-order chi connectivity index (χ1) is 6.36. The van der Waals surface area contributed by atoms with Crippen LogP contribution in [0.1, 0.15) is 12.0 Å². The fourth-order valence-electron chi connectivity index (χ4n) is 1.69. The van der Waals surface area contributed by atoms with E-state index in [1.807, 2.05) is 6.07 Å². The van der Waals surface area contributed by atoms with E-state index in [9.17, 15) is 5.11 Å². The fourth-order valence-corrected chi connectivity index (χ4v) is 1.69. The molecule has 3 heteroatoms. The monoisotopic (exact) mass is 182 g/mol. The highest BCUT2D eigenvalue weighted by molar-refractivity contribution is 5.07. The van der Waals surface area contributed by atoms with E-state index in [4.69, 9.17) is 9.15 Å². The standard InChI is InChI=1S/C10H14O3/c11-10-2-4-13-7-9(10)5-8-1-3-12-6-8/h1,3,6,9-11H,2,4-5,7H2. The highest BCUT2D eigenvalue weighted by atomic mass is 16.5. The van der Waals surface area contributed by atoms with E-state index in [1.54, 1.807) is 12.5 Å². The lowest BCUT2D eigenvalue weighted by Gasteiger charge is -2.27. The number of hydrogen-bond acceptors (Lipinski definition) is 3. The van der Waals surface area contributed by atoms with Crippen LogP contribution in [0.15, 0.2) is 23.0 Å². The topological polar surface area (TPSA) is 42.6 Å². The molecule has 1 aliphatic rings. The van der Waals surface area contributed by atoms with Crippen molar-refractivity contribution in [3.05, 3.63) is 24.2 Å². The third kappa shape index (κ3) is 2.11. The van der Waals surface area contributed by atoms with Gasteiger partial charge in [-0.05, 0) is 24.5 Å². The molecular formula is C10H14O3. The Bertz CT molecular complexity index is 243. The van der Waals surface area contributed by atoms with Crippen molar-refractivity contribution >= 4 is 0 Å². The Hall–Kier alpha value is -0.800. The molecule has 0 bridgehead atoms. The quantitative estimate of drug-likeness (QED) is 0.747. The number of hydrogen-bond donors (Lipinski definition) is 1. The van der Waals surface area contributed by atoms with Crippen molar-refractivity contribution in [3.63, 3.8) is 0 Å². The number of ether oxygens (including phenoxy) is 1. The second-order valence-electron chi connectivity index (χ2n) is 3.53. The van der Waals surface area contributed by atoms with Crippen LogP contribution in [0.3, 0.4) is 0 Å². The molecule has 1 fully saturated rings. The lowest BCUT2D eigenvalue weighted by Crippen LogP contribution is -2.33. The van der Waals surface area contributed by atoms with Crippen molar-refractivity contribution in [2.45, 2.75) is 18.9 Å². The van der Waals surface area contributed by atoms with Gasteiger partial charge in [-0.1, -0.05) is 0 Å². The summed E-state index contributed by atoms with van der Waals surface area (Å²) in [6, 6.07) is 1.93. The molecule has 13 heavy (non-hydrogen) atoms. The van der Waals surface area contributed by atoms with E-state index in [-0.39, 0.29) is 12.0 Å². The van der Waals surface area contributed by atoms with Gasteiger partial charge in [0.15, 0.2) is 0 Å². The van der Waals surface area contributed by atoms with E-state index in [0.29, 0.717) is 13.2 Å². The largest absolute Gasteiger partial charge is 0.472 e. The minimum atomic E-state index is -0.219. The molecule has 2 unspecified atom stereocenters. The van der Waals surface area contributed by atoms with Gasteiger partial charge in [0.1, 0.15) is 0 Å². The average Bonchev–Trinajstić information content (AvgIpc) is 2.61. The third-order valence-corrected chi connectivity index (χ3v) is 2.51. The lowest BCUT2D eigenvalue weighted by molar-refractivity contribution is -0.0350. The minimum absolute atomic E-state index is 0.219. The van der Waals surface area contributed by atoms with Crippen LogP contribution in [0.5, 0.6) is 0 Å². The van der Waals surface area contributed by atoms with Crippen LogP contribution in [-0.2, 0) is 11.2 Å². The molecule has 1 aromatic rings. The molecule has 1 saturated heterocycles. The van der Waals surface area contributed by atoms with Gasteiger partial charge in [0, 0.05) is 12.5 Å². The number of furan rings is 1. The molecule has 0 aliphatic carbocycles. The maximum absolute atomic E-state index is 9.66. The molecular weight excluding hydrogens is 168 g/mol. The van der Waals surface area contributed by atoms with Crippen molar-refractivity contribution < 1.29 is 14.3 Å². The Labute approximate surface area is 77.3 Å². The van der Waals surface area contributed by atoms with Crippen LogP contribution in [-0.4, -0.2) is 24.4 Å². The van der Waals surface area contributed by atoms with Crippen molar-refractivity contribution in [1.29, 1.82) is 0 Å². The molecule has 72 valence electrons. The van der Waals surface area contributed by atoms with Crippen LogP contribution in [0, 0.1) is 5.92 Å². The van der Waals surface area contributed by atoms with E-state index < -0.39 is 0 Å². The second-order valence-corrected chi connectivity index (χ2v) is 3.53. The minimum Gasteiger partial charge on any atom is -0.472 e. The molecule has 0 radical (unpaired) electrons. The van der Waals surface area contributed by atoms with Gasteiger partial charge in [0.25, 0.3) is 0 Å². The fraction of sp³-hybridized carbons (Fsp3) is 0.600. The van der Waals surface area contributed by atoms with Gasteiger partial charge < -0.3 is 14.3 Å². The van der Waals surface area contributed by atoms with Crippen molar-refractivity contribution in [3.8, 4) is 0 Å². The first-order valence-corrected chi connectivity index (χ1v) is 4.63. The van der Waals surface area contributed by atoms with Crippen molar-refractivity contribution in [1.82, 2.24) is 0 Å². The van der Waals surface area contributed by atoms with Crippen LogP contribution < -0.4 is 0 Å². The molecule has 2 heterocycles. The van der Waals surface area contributed by atoms with Gasteiger partial charge in [0.2, 0.25) is 0 Å². The first-order valence-electron chi connectivity index (χ1n) is 4.63. The van der Waals surface area contributed by atoms with Gasteiger partial charge in [-0.15, -0.1) is 0 Å². The molecule has 1 N–H and O–H groups in total. The summed E-state index contributed by atoms with van der Waals surface area (Å²) < 4.78 is 10.3. The van der Waals surface area contributed by atoms with Crippen LogP contribution in [0.2, 0.25) is 0 Å². The highest BCUT2D eigenvalue weighted by Gasteiger charge is 2.23. The number of aliphatic hydroxyl groups is 1.